The Morgan fingerprint density at radius 3 is 2.85 bits per heavy atom. The lowest BCUT2D eigenvalue weighted by molar-refractivity contribution is 0.100. The van der Waals surface area contributed by atoms with Gasteiger partial charge >= 0.3 is 0 Å². The Balaban J connectivity index is 2.18. The summed E-state index contributed by atoms with van der Waals surface area (Å²) in [6.45, 7) is 0. The number of carbonyl (C=O) groups is 1. The summed E-state index contributed by atoms with van der Waals surface area (Å²) in [7, 11) is 3.53. The second-order valence-electron chi connectivity index (χ2n) is 4.14. The van der Waals surface area contributed by atoms with Crippen molar-refractivity contribution in [3.63, 3.8) is 0 Å². The number of nitrogens with zero attached hydrogens (tertiary/aromatic N) is 2. The number of methoxy groups -OCH3 is 1. The molecular weight excluding hydrogens is 292 g/mol. The molecule has 0 atom stereocenters. The molecule has 0 saturated carbocycles. The highest BCUT2D eigenvalue weighted by Gasteiger charge is 2.10. The van der Waals surface area contributed by atoms with E-state index in [1.54, 1.807) is 13.2 Å². The summed E-state index contributed by atoms with van der Waals surface area (Å²) >= 11 is 2.88. The molecule has 0 aliphatic rings. The predicted molar refractivity (Wildman–Crippen MR) is 81.6 cm³/mol. The zero-order chi connectivity index (χ0) is 14.1. The highest BCUT2D eigenvalue weighted by molar-refractivity contribution is 7.16. The second kappa shape index (κ2) is 5.22. The molecule has 2 aromatic heterocycles. The number of aryl methyl sites for hydroxylation is 1. The third kappa shape index (κ3) is 2.17. The van der Waals surface area contributed by atoms with Crippen molar-refractivity contribution < 1.29 is 9.53 Å². The number of hydrogen-bond donors (Lipinski definition) is 0. The van der Waals surface area contributed by atoms with Crippen molar-refractivity contribution in [2.45, 2.75) is 0 Å². The lowest BCUT2D eigenvalue weighted by Crippen LogP contribution is -2.13. The maximum absolute atomic E-state index is 12.1. The fourth-order valence-electron chi connectivity index (χ4n) is 1.98. The number of hydrogen-bond acceptors (Lipinski definition) is 4. The first-order chi connectivity index (χ1) is 9.70. The fraction of sp³-hybridized carbons (Fsp3) is 0.143. The molecule has 0 N–H and O–H groups in total. The van der Waals surface area contributed by atoms with Gasteiger partial charge in [0.25, 0.3) is 5.91 Å². The van der Waals surface area contributed by atoms with Crippen LogP contribution in [0.1, 0.15) is 9.67 Å². The molecule has 6 heteroatoms. The van der Waals surface area contributed by atoms with E-state index >= 15 is 0 Å². The number of rotatable bonds is 2. The van der Waals surface area contributed by atoms with Crippen LogP contribution in [0.2, 0.25) is 0 Å². The number of fused-ring (bicyclic) bond motifs is 1. The van der Waals surface area contributed by atoms with Gasteiger partial charge in [0.15, 0.2) is 4.80 Å². The van der Waals surface area contributed by atoms with E-state index in [1.165, 1.54) is 22.7 Å². The van der Waals surface area contributed by atoms with E-state index in [2.05, 4.69) is 4.99 Å². The molecule has 0 bridgehead atoms. The second-order valence-corrected chi connectivity index (χ2v) is 6.10. The van der Waals surface area contributed by atoms with Gasteiger partial charge in [0.2, 0.25) is 0 Å². The largest absolute Gasteiger partial charge is 0.495 e. The quantitative estimate of drug-likeness (QED) is 0.730. The Kier molecular flexibility index (Phi) is 3.42. The van der Waals surface area contributed by atoms with E-state index in [-0.39, 0.29) is 5.91 Å². The van der Waals surface area contributed by atoms with Crippen LogP contribution in [0, 0.1) is 0 Å². The van der Waals surface area contributed by atoms with Crippen molar-refractivity contribution in [2.24, 2.45) is 12.0 Å². The highest BCUT2D eigenvalue weighted by atomic mass is 32.1. The Hall–Kier alpha value is -1.92. The number of aromatic nitrogens is 1. The van der Waals surface area contributed by atoms with Crippen LogP contribution in [0.15, 0.2) is 40.7 Å². The number of ether oxygens (including phenoxy) is 1. The van der Waals surface area contributed by atoms with Crippen LogP contribution in [0.5, 0.6) is 5.75 Å². The van der Waals surface area contributed by atoms with E-state index in [1.807, 2.05) is 41.3 Å². The van der Waals surface area contributed by atoms with Crippen molar-refractivity contribution in [1.29, 1.82) is 0 Å². The van der Waals surface area contributed by atoms with Crippen LogP contribution >= 0.6 is 22.7 Å². The van der Waals surface area contributed by atoms with Crippen LogP contribution in [0.4, 0.5) is 0 Å². The van der Waals surface area contributed by atoms with E-state index in [0.717, 1.165) is 16.0 Å². The highest BCUT2D eigenvalue weighted by Crippen LogP contribution is 2.26. The van der Waals surface area contributed by atoms with E-state index in [9.17, 15) is 4.79 Å². The minimum absolute atomic E-state index is 0.207. The van der Waals surface area contributed by atoms with Gasteiger partial charge in [-0.15, -0.1) is 11.3 Å². The first kappa shape index (κ1) is 13.1. The van der Waals surface area contributed by atoms with Gasteiger partial charge in [0.05, 0.1) is 16.7 Å². The molecule has 4 nitrogen and oxygen atoms in total. The zero-order valence-corrected chi connectivity index (χ0v) is 12.6. The number of benzene rings is 1. The maximum Gasteiger partial charge on any atom is 0.289 e. The SMILES string of the molecule is COc1cccc2sc(=NC(=O)c3cccs3)n(C)c12. The molecule has 0 fully saturated rings. The molecule has 1 aromatic carbocycles. The molecule has 0 radical (unpaired) electrons. The molecular formula is C14H12N2O2S2. The monoisotopic (exact) mass is 304 g/mol. The van der Waals surface area contributed by atoms with Crippen LogP contribution in [0.3, 0.4) is 0 Å². The molecule has 0 unspecified atom stereocenters. The number of carbonyl (C=O) groups excluding carboxylic acids is 1. The van der Waals surface area contributed by atoms with E-state index in [0.29, 0.717) is 9.68 Å². The van der Waals surface area contributed by atoms with Gasteiger partial charge in [-0.2, -0.15) is 4.99 Å². The summed E-state index contributed by atoms with van der Waals surface area (Å²) in [4.78, 5) is 17.6. The first-order valence-corrected chi connectivity index (χ1v) is 7.65. The lowest BCUT2D eigenvalue weighted by atomic mass is 10.3. The van der Waals surface area contributed by atoms with Gasteiger partial charge in [-0.25, -0.2) is 0 Å². The van der Waals surface area contributed by atoms with Crippen LogP contribution in [-0.2, 0) is 7.05 Å². The predicted octanol–water partition coefficient (Wildman–Crippen LogP) is 3.05. The minimum Gasteiger partial charge on any atom is -0.495 e. The van der Waals surface area contributed by atoms with Gasteiger partial charge in [0, 0.05) is 7.05 Å². The molecule has 0 aliphatic heterocycles. The average Bonchev–Trinajstić information content (AvgIpc) is 3.08. The van der Waals surface area contributed by atoms with E-state index in [4.69, 9.17) is 4.74 Å². The minimum atomic E-state index is -0.207. The molecule has 20 heavy (non-hydrogen) atoms. The molecule has 3 aromatic rings. The number of para-hydroxylation sites is 1. The molecule has 2 heterocycles. The Morgan fingerprint density at radius 1 is 1.30 bits per heavy atom. The maximum atomic E-state index is 12.1. The normalized spacial score (nSPS) is 12.0. The van der Waals surface area contributed by atoms with Gasteiger partial charge < -0.3 is 9.30 Å². The summed E-state index contributed by atoms with van der Waals surface area (Å²) in [5, 5.41) is 1.87. The van der Waals surface area contributed by atoms with Gasteiger partial charge in [-0.3, -0.25) is 4.79 Å². The molecule has 0 aliphatic carbocycles. The molecule has 3 rings (SSSR count). The number of thiophene rings is 1. The van der Waals surface area contributed by atoms with Gasteiger partial charge in [-0.05, 0) is 23.6 Å². The Labute approximate surface area is 123 Å². The molecule has 0 spiro atoms. The van der Waals surface area contributed by atoms with Crippen molar-refractivity contribution in [3.8, 4) is 5.75 Å². The summed E-state index contributed by atoms with van der Waals surface area (Å²) in [6, 6.07) is 9.46. The van der Waals surface area contributed by atoms with Gasteiger partial charge in [0.1, 0.15) is 11.3 Å². The summed E-state index contributed by atoms with van der Waals surface area (Å²) in [5.41, 5.74) is 0.956. The van der Waals surface area contributed by atoms with Crippen molar-refractivity contribution in [3.05, 3.63) is 45.4 Å². The first-order valence-electron chi connectivity index (χ1n) is 5.96. The van der Waals surface area contributed by atoms with Crippen molar-refractivity contribution in [1.82, 2.24) is 4.57 Å². The number of thiazole rings is 1. The third-order valence-corrected chi connectivity index (χ3v) is 4.89. The number of amides is 1. The lowest BCUT2D eigenvalue weighted by Gasteiger charge is -2.02. The van der Waals surface area contributed by atoms with Gasteiger partial charge in [-0.1, -0.05) is 23.5 Å². The Morgan fingerprint density at radius 2 is 2.15 bits per heavy atom. The van der Waals surface area contributed by atoms with E-state index < -0.39 is 0 Å². The summed E-state index contributed by atoms with van der Waals surface area (Å²) in [6.07, 6.45) is 0. The standard InChI is InChI=1S/C14H12N2O2S2/c1-16-12-9(18-2)5-3-6-10(12)20-14(16)15-13(17)11-7-4-8-19-11/h3-8H,1-2H3. The Bertz CT molecular complexity index is 829. The van der Waals surface area contributed by atoms with Crippen LogP contribution < -0.4 is 9.54 Å². The molecule has 0 saturated heterocycles. The summed E-state index contributed by atoms with van der Waals surface area (Å²) in [5.74, 6) is 0.576. The topological polar surface area (TPSA) is 43.6 Å². The molecule has 102 valence electrons. The fourth-order valence-corrected chi connectivity index (χ4v) is 3.62. The van der Waals surface area contributed by atoms with Crippen LogP contribution in [-0.4, -0.2) is 17.6 Å². The smallest absolute Gasteiger partial charge is 0.289 e. The van der Waals surface area contributed by atoms with Crippen molar-refractivity contribution >= 4 is 38.8 Å². The average molecular weight is 304 g/mol. The molecule has 1 amide bonds. The van der Waals surface area contributed by atoms with Crippen LogP contribution in [0.25, 0.3) is 10.2 Å². The zero-order valence-electron chi connectivity index (χ0n) is 11.0. The third-order valence-electron chi connectivity index (χ3n) is 2.93. The van der Waals surface area contributed by atoms with Crippen molar-refractivity contribution in [2.75, 3.05) is 7.11 Å². The summed E-state index contributed by atoms with van der Waals surface area (Å²) < 4.78 is 8.30.